The van der Waals surface area contributed by atoms with Gasteiger partial charge in [0.15, 0.2) is 0 Å². The Labute approximate surface area is 114 Å². The van der Waals surface area contributed by atoms with Crippen molar-refractivity contribution in [2.45, 2.75) is 19.9 Å². The number of benzene rings is 2. The topological polar surface area (TPSA) is 44.5 Å². The predicted molar refractivity (Wildman–Crippen MR) is 78.5 cm³/mol. The Kier molecular flexibility index (Phi) is 4.77. The fourth-order valence-corrected chi connectivity index (χ4v) is 2.13. The molecule has 3 heteroatoms. The average molecular weight is 259 g/mol. The molecule has 2 aromatic carbocycles. The van der Waals surface area contributed by atoms with Gasteiger partial charge >= 0.3 is 0 Å². The molecular weight excluding hydrogens is 238 g/mol. The van der Waals surface area contributed by atoms with Crippen LogP contribution in [0, 0.1) is 0 Å². The molecule has 0 aliphatic heterocycles. The first-order valence-corrected chi connectivity index (χ1v) is 6.71. The highest BCUT2D eigenvalue weighted by Gasteiger charge is 2.11. The van der Waals surface area contributed by atoms with Gasteiger partial charge in [0.25, 0.3) is 0 Å². The minimum Gasteiger partial charge on any atom is -0.490 e. The molecule has 1 unspecified atom stereocenters. The van der Waals surface area contributed by atoms with Gasteiger partial charge in [-0.2, -0.15) is 0 Å². The maximum absolute atomic E-state index is 6.02. The second-order valence-corrected chi connectivity index (χ2v) is 4.54. The Morgan fingerprint density at radius 1 is 1.11 bits per heavy atom. The van der Waals surface area contributed by atoms with Crippen molar-refractivity contribution in [2.75, 3.05) is 19.8 Å². The van der Waals surface area contributed by atoms with Gasteiger partial charge in [-0.3, -0.25) is 0 Å². The standard InChI is InChI=1S/C16H21NO2/c1-3-18-10-11-19-16-14(12(2)17)9-8-13-6-4-5-7-15(13)16/h4-9,12H,3,10-11,17H2,1-2H3. The van der Waals surface area contributed by atoms with Crippen LogP contribution in [-0.2, 0) is 4.74 Å². The fraction of sp³-hybridized carbons (Fsp3) is 0.375. The Hall–Kier alpha value is -1.58. The van der Waals surface area contributed by atoms with Crippen molar-refractivity contribution >= 4 is 10.8 Å². The normalized spacial score (nSPS) is 12.6. The predicted octanol–water partition coefficient (Wildman–Crippen LogP) is 3.27. The first-order valence-electron chi connectivity index (χ1n) is 6.71. The lowest BCUT2D eigenvalue weighted by Gasteiger charge is -2.16. The van der Waals surface area contributed by atoms with Gasteiger partial charge in [0.2, 0.25) is 0 Å². The van der Waals surface area contributed by atoms with E-state index in [9.17, 15) is 0 Å². The van der Waals surface area contributed by atoms with E-state index in [1.165, 1.54) is 5.39 Å². The van der Waals surface area contributed by atoms with Crippen LogP contribution < -0.4 is 10.5 Å². The maximum Gasteiger partial charge on any atom is 0.131 e. The monoisotopic (exact) mass is 259 g/mol. The van der Waals surface area contributed by atoms with E-state index in [-0.39, 0.29) is 6.04 Å². The second kappa shape index (κ2) is 6.55. The van der Waals surface area contributed by atoms with Gasteiger partial charge in [0.05, 0.1) is 6.61 Å². The van der Waals surface area contributed by atoms with E-state index in [0.29, 0.717) is 19.8 Å². The Morgan fingerprint density at radius 2 is 1.89 bits per heavy atom. The third-order valence-corrected chi connectivity index (χ3v) is 3.08. The number of nitrogens with two attached hydrogens (primary N) is 1. The van der Waals surface area contributed by atoms with Crippen LogP contribution in [0.2, 0.25) is 0 Å². The average Bonchev–Trinajstić information content (AvgIpc) is 2.43. The Bertz CT molecular complexity index is 537. The molecule has 0 amide bonds. The SMILES string of the molecule is CCOCCOc1c(C(C)N)ccc2ccccc12. The van der Waals surface area contributed by atoms with Crippen molar-refractivity contribution in [3.63, 3.8) is 0 Å². The lowest BCUT2D eigenvalue weighted by Crippen LogP contribution is -2.11. The molecule has 2 aromatic rings. The van der Waals surface area contributed by atoms with Crippen molar-refractivity contribution in [3.05, 3.63) is 42.0 Å². The molecule has 2 N–H and O–H groups in total. The summed E-state index contributed by atoms with van der Waals surface area (Å²) in [5, 5.41) is 2.27. The quantitative estimate of drug-likeness (QED) is 0.810. The van der Waals surface area contributed by atoms with Crippen LogP contribution in [0.4, 0.5) is 0 Å². The summed E-state index contributed by atoms with van der Waals surface area (Å²) in [4.78, 5) is 0. The van der Waals surface area contributed by atoms with E-state index in [4.69, 9.17) is 15.2 Å². The van der Waals surface area contributed by atoms with E-state index in [1.807, 2.05) is 32.0 Å². The number of rotatable bonds is 6. The zero-order chi connectivity index (χ0) is 13.7. The minimum atomic E-state index is -0.0494. The highest BCUT2D eigenvalue weighted by atomic mass is 16.5. The maximum atomic E-state index is 6.02. The van der Waals surface area contributed by atoms with E-state index in [1.54, 1.807) is 0 Å². The molecule has 102 valence electrons. The zero-order valence-electron chi connectivity index (χ0n) is 11.6. The van der Waals surface area contributed by atoms with Gasteiger partial charge in [-0.15, -0.1) is 0 Å². The van der Waals surface area contributed by atoms with E-state index < -0.39 is 0 Å². The van der Waals surface area contributed by atoms with Crippen molar-refractivity contribution in [3.8, 4) is 5.75 Å². The van der Waals surface area contributed by atoms with Crippen molar-refractivity contribution in [2.24, 2.45) is 5.73 Å². The summed E-state index contributed by atoms with van der Waals surface area (Å²) in [7, 11) is 0. The van der Waals surface area contributed by atoms with Gasteiger partial charge in [-0.25, -0.2) is 0 Å². The van der Waals surface area contributed by atoms with Crippen LogP contribution >= 0.6 is 0 Å². The molecule has 0 spiro atoms. The summed E-state index contributed by atoms with van der Waals surface area (Å²) in [6, 6.07) is 12.3. The van der Waals surface area contributed by atoms with Gasteiger partial charge in [0.1, 0.15) is 12.4 Å². The van der Waals surface area contributed by atoms with Crippen LogP contribution in [0.15, 0.2) is 36.4 Å². The largest absolute Gasteiger partial charge is 0.490 e. The fourth-order valence-electron chi connectivity index (χ4n) is 2.13. The van der Waals surface area contributed by atoms with Gasteiger partial charge in [-0.1, -0.05) is 36.4 Å². The molecule has 19 heavy (non-hydrogen) atoms. The molecule has 0 heterocycles. The van der Waals surface area contributed by atoms with Gasteiger partial charge in [-0.05, 0) is 19.2 Å². The summed E-state index contributed by atoms with van der Waals surface area (Å²) < 4.78 is 11.2. The Morgan fingerprint density at radius 3 is 2.63 bits per heavy atom. The molecule has 0 radical (unpaired) electrons. The van der Waals surface area contributed by atoms with Crippen molar-refractivity contribution in [1.29, 1.82) is 0 Å². The summed E-state index contributed by atoms with van der Waals surface area (Å²) in [5.41, 5.74) is 7.06. The van der Waals surface area contributed by atoms with Crippen LogP contribution in [0.25, 0.3) is 10.8 Å². The summed E-state index contributed by atoms with van der Waals surface area (Å²) in [5.74, 6) is 0.882. The first kappa shape index (κ1) is 13.8. The summed E-state index contributed by atoms with van der Waals surface area (Å²) in [6.07, 6.45) is 0. The molecule has 0 aliphatic rings. The number of hydrogen-bond acceptors (Lipinski definition) is 3. The van der Waals surface area contributed by atoms with E-state index >= 15 is 0 Å². The lowest BCUT2D eigenvalue weighted by atomic mass is 10.0. The molecule has 0 aliphatic carbocycles. The molecule has 2 rings (SSSR count). The zero-order valence-corrected chi connectivity index (χ0v) is 11.6. The highest BCUT2D eigenvalue weighted by Crippen LogP contribution is 2.32. The van der Waals surface area contributed by atoms with Crippen LogP contribution in [0.5, 0.6) is 5.75 Å². The second-order valence-electron chi connectivity index (χ2n) is 4.54. The molecular formula is C16H21NO2. The molecule has 3 nitrogen and oxygen atoms in total. The molecule has 1 atom stereocenters. The molecule has 0 fully saturated rings. The van der Waals surface area contributed by atoms with Gasteiger partial charge < -0.3 is 15.2 Å². The number of fused-ring (bicyclic) bond motifs is 1. The third kappa shape index (κ3) is 3.25. The van der Waals surface area contributed by atoms with Crippen LogP contribution in [0.3, 0.4) is 0 Å². The van der Waals surface area contributed by atoms with Crippen LogP contribution in [-0.4, -0.2) is 19.8 Å². The smallest absolute Gasteiger partial charge is 0.131 e. The summed E-state index contributed by atoms with van der Waals surface area (Å²) in [6.45, 7) is 5.80. The van der Waals surface area contributed by atoms with E-state index in [2.05, 4.69) is 18.2 Å². The minimum absolute atomic E-state index is 0.0494. The number of hydrogen-bond donors (Lipinski definition) is 1. The highest BCUT2D eigenvalue weighted by molar-refractivity contribution is 5.89. The summed E-state index contributed by atoms with van der Waals surface area (Å²) >= 11 is 0. The Balaban J connectivity index is 2.33. The first-order chi connectivity index (χ1) is 9.24. The van der Waals surface area contributed by atoms with Crippen molar-refractivity contribution in [1.82, 2.24) is 0 Å². The molecule has 0 aromatic heterocycles. The molecule has 0 saturated carbocycles. The van der Waals surface area contributed by atoms with Crippen molar-refractivity contribution < 1.29 is 9.47 Å². The lowest BCUT2D eigenvalue weighted by molar-refractivity contribution is 0.110. The molecule has 0 bridgehead atoms. The third-order valence-electron chi connectivity index (χ3n) is 3.08. The van der Waals surface area contributed by atoms with Crippen LogP contribution in [0.1, 0.15) is 25.5 Å². The van der Waals surface area contributed by atoms with Gasteiger partial charge in [0, 0.05) is 23.6 Å². The molecule has 0 saturated heterocycles. The number of ether oxygens (including phenoxy) is 2. The van der Waals surface area contributed by atoms with E-state index in [0.717, 1.165) is 16.7 Å².